The molecule has 0 spiro atoms. The Bertz CT molecular complexity index is 446. The highest BCUT2D eigenvalue weighted by Gasteiger charge is 2.19. The molecule has 1 rings (SSSR count). The number of benzene rings is 1. The molecule has 0 radical (unpaired) electrons. The number of carbonyl (C=O) groups is 1. The maximum absolute atomic E-state index is 13.4. The molecular formula is C9H9FO5S. The van der Waals surface area contributed by atoms with Crippen molar-refractivity contribution >= 4 is 17.0 Å². The molecule has 1 unspecified atom stereocenters. The molecule has 5 nitrogen and oxygen atoms in total. The van der Waals surface area contributed by atoms with Gasteiger partial charge in [0.25, 0.3) is 0 Å². The van der Waals surface area contributed by atoms with Crippen LogP contribution in [0.15, 0.2) is 17.0 Å². The van der Waals surface area contributed by atoms with Crippen molar-refractivity contribution in [3.63, 3.8) is 0 Å². The largest absolute Gasteiger partial charge is 0.495 e. The average molecular weight is 248 g/mol. The van der Waals surface area contributed by atoms with Crippen molar-refractivity contribution in [2.24, 2.45) is 0 Å². The predicted octanol–water partition coefficient (Wildman–Crippen LogP) is 1.20. The van der Waals surface area contributed by atoms with Crippen LogP contribution in [-0.2, 0) is 15.8 Å². The number of ether oxygens (including phenoxy) is 2. The lowest BCUT2D eigenvalue weighted by Gasteiger charge is -2.08. The molecular weight excluding hydrogens is 239 g/mol. The molecule has 0 bridgehead atoms. The second kappa shape index (κ2) is 5.04. The summed E-state index contributed by atoms with van der Waals surface area (Å²) in [5.74, 6) is -1.91. The van der Waals surface area contributed by atoms with Crippen LogP contribution in [0.4, 0.5) is 4.39 Å². The van der Waals surface area contributed by atoms with E-state index in [1.165, 1.54) is 7.11 Å². The van der Waals surface area contributed by atoms with E-state index in [1.54, 1.807) is 0 Å². The van der Waals surface area contributed by atoms with Crippen LogP contribution >= 0.6 is 0 Å². The van der Waals surface area contributed by atoms with E-state index < -0.39 is 28.4 Å². The molecule has 88 valence electrons. The van der Waals surface area contributed by atoms with E-state index in [4.69, 9.17) is 9.29 Å². The number of rotatable bonds is 3. The Morgan fingerprint density at radius 2 is 2.06 bits per heavy atom. The van der Waals surface area contributed by atoms with Crippen LogP contribution in [0.3, 0.4) is 0 Å². The van der Waals surface area contributed by atoms with Crippen LogP contribution in [0.2, 0.25) is 0 Å². The predicted molar refractivity (Wildman–Crippen MR) is 53.3 cm³/mol. The van der Waals surface area contributed by atoms with E-state index in [9.17, 15) is 13.4 Å². The third kappa shape index (κ3) is 2.37. The summed E-state index contributed by atoms with van der Waals surface area (Å²) < 4.78 is 42.2. The molecule has 7 heteroatoms. The van der Waals surface area contributed by atoms with Crippen molar-refractivity contribution in [1.82, 2.24) is 0 Å². The first-order chi connectivity index (χ1) is 7.51. The fourth-order valence-corrected chi connectivity index (χ4v) is 1.63. The summed E-state index contributed by atoms with van der Waals surface area (Å²) in [5, 5.41) is 0. The first-order valence-corrected chi connectivity index (χ1v) is 5.18. The topological polar surface area (TPSA) is 72.8 Å². The Kier molecular flexibility index (Phi) is 3.97. The first kappa shape index (κ1) is 12.6. The highest BCUT2D eigenvalue weighted by atomic mass is 32.2. The van der Waals surface area contributed by atoms with E-state index in [0.29, 0.717) is 0 Å². The van der Waals surface area contributed by atoms with Crippen molar-refractivity contribution in [2.75, 3.05) is 14.2 Å². The quantitative estimate of drug-likeness (QED) is 0.642. The van der Waals surface area contributed by atoms with E-state index in [1.807, 2.05) is 0 Å². The molecule has 1 atom stereocenters. The van der Waals surface area contributed by atoms with Gasteiger partial charge in [0.05, 0.1) is 19.8 Å². The van der Waals surface area contributed by atoms with E-state index in [2.05, 4.69) is 4.74 Å². The number of hydrogen-bond acceptors (Lipinski definition) is 4. The molecule has 0 aliphatic heterocycles. The number of esters is 1. The standard InChI is InChI=1S/C9H9FO5S/c1-14-7-4-6(10)5(9(11)15-2)3-8(7)16(12)13/h3-4H,1-2H3,(H,12,13). The Hall–Kier alpha value is -1.47. The van der Waals surface area contributed by atoms with Crippen LogP contribution in [0, 0.1) is 5.82 Å². The second-order valence-electron chi connectivity index (χ2n) is 2.72. The molecule has 16 heavy (non-hydrogen) atoms. The Morgan fingerprint density at radius 1 is 1.44 bits per heavy atom. The van der Waals surface area contributed by atoms with Crippen LogP contribution in [0.1, 0.15) is 10.4 Å². The summed E-state index contributed by atoms with van der Waals surface area (Å²) in [6.45, 7) is 0. The Labute approximate surface area is 93.5 Å². The summed E-state index contributed by atoms with van der Waals surface area (Å²) in [6, 6.07) is 1.78. The normalized spacial score (nSPS) is 12.0. The molecule has 0 aliphatic carbocycles. The molecule has 0 aromatic heterocycles. The van der Waals surface area contributed by atoms with Gasteiger partial charge in [-0.3, -0.25) is 0 Å². The molecule has 1 aromatic carbocycles. The minimum atomic E-state index is -2.38. The van der Waals surface area contributed by atoms with Gasteiger partial charge in [-0.25, -0.2) is 13.4 Å². The van der Waals surface area contributed by atoms with Gasteiger partial charge in [-0.15, -0.1) is 0 Å². The fraction of sp³-hybridized carbons (Fsp3) is 0.222. The minimum absolute atomic E-state index is 0.106. The molecule has 0 aliphatic rings. The van der Waals surface area contributed by atoms with Crippen LogP contribution < -0.4 is 4.74 Å². The third-order valence-corrected chi connectivity index (χ3v) is 2.54. The maximum atomic E-state index is 13.4. The summed E-state index contributed by atoms with van der Waals surface area (Å²) in [6.07, 6.45) is 0. The van der Waals surface area contributed by atoms with E-state index in [-0.39, 0.29) is 10.6 Å². The van der Waals surface area contributed by atoms with Gasteiger partial charge in [0.1, 0.15) is 16.5 Å². The number of carbonyl (C=O) groups excluding carboxylic acids is 1. The van der Waals surface area contributed by atoms with Crippen molar-refractivity contribution in [2.45, 2.75) is 4.90 Å². The number of methoxy groups -OCH3 is 2. The van der Waals surface area contributed by atoms with Gasteiger partial charge in [-0.05, 0) is 6.07 Å². The highest BCUT2D eigenvalue weighted by Crippen LogP contribution is 2.25. The van der Waals surface area contributed by atoms with Crippen molar-refractivity contribution in [1.29, 1.82) is 0 Å². The lowest BCUT2D eigenvalue weighted by atomic mass is 10.2. The Balaban J connectivity index is 3.38. The maximum Gasteiger partial charge on any atom is 0.340 e. The molecule has 0 amide bonds. The fourth-order valence-electron chi connectivity index (χ4n) is 1.10. The monoisotopic (exact) mass is 248 g/mol. The van der Waals surface area contributed by atoms with Crippen LogP contribution in [0.5, 0.6) is 5.75 Å². The zero-order valence-corrected chi connectivity index (χ0v) is 9.34. The van der Waals surface area contributed by atoms with Crippen LogP contribution in [0.25, 0.3) is 0 Å². The molecule has 0 saturated carbocycles. The van der Waals surface area contributed by atoms with Crippen molar-refractivity contribution in [3.05, 3.63) is 23.5 Å². The summed E-state index contributed by atoms with van der Waals surface area (Å²) in [4.78, 5) is 10.9. The van der Waals surface area contributed by atoms with Crippen molar-refractivity contribution < 1.29 is 27.4 Å². The summed E-state index contributed by atoms with van der Waals surface area (Å²) in [7, 11) is 2.31. The number of hydrogen-bond donors (Lipinski definition) is 1. The number of halogens is 1. The lowest BCUT2D eigenvalue weighted by molar-refractivity contribution is 0.0595. The third-order valence-electron chi connectivity index (χ3n) is 1.85. The first-order valence-electron chi connectivity index (χ1n) is 4.08. The zero-order valence-electron chi connectivity index (χ0n) is 8.52. The minimum Gasteiger partial charge on any atom is -0.495 e. The van der Waals surface area contributed by atoms with Gasteiger partial charge < -0.3 is 14.0 Å². The van der Waals surface area contributed by atoms with Gasteiger partial charge in [0.2, 0.25) is 0 Å². The zero-order chi connectivity index (χ0) is 12.3. The van der Waals surface area contributed by atoms with E-state index in [0.717, 1.165) is 19.2 Å². The lowest BCUT2D eigenvalue weighted by Crippen LogP contribution is -2.07. The van der Waals surface area contributed by atoms with Gasteiger partial charge in [-0.2, -0.15) is 0 Å². The van der Waals surface area contributed by atoms with Gasteiger partial charge in [0.15, 0.2) is 11.1 Å². The van der Waals surface area contributed by atoms with Gasteiger partial charge in [0, 0.05) is 6.07 Å². The van der Waals surface area contributed by atoms with Gasteiger partial charge in [-0.1, -0.05) is 0 Å². The second-order valence-corrected chi connectivity index (χ2v) is 3.66. The Morgan fingerprint density at radius 3 is 2.50 bits per heavy atom. The SMILES string of the molecule is COC(=O)c1cc(S(=O)O)c(OC)cc1F. The molecule has 1 aromatic rings. The van der Waals surface area contributed by atoms with Crippen molar-refractivity contribution in [3.8, 4) is 5.75 Å². The molecule has 0 fully saturated rings. The molecule has 0 heterocycles. The summed E-state index contributed by atoms with van der Waals surface area (Å²) in [5.41, 5.74) is -0.416. The highest BCUT2D eigenvalue weighted by molar-refractivity contribution is 7.79. The van der Waals surface area contributed by atoms with Crippen LogP contribution in [-0.4, -0.2) is 29.0 Å². The molecule has 1 N–H and O–H groups in total. The van der Waals surface area contributed by atoms with E-state index >= 15 is 0 Å². The smallest absolute Gasteiger partial charge is 0.340 e. The van der Waals surface area contributed by atoms with Gasteiger partial charge >= 0.3 is 5.97 Å². The summed E-state index contributed by atoms with van der Waals surface area (Å²) >= 11 is -2.38. The average Bonchev–Trinajstić information content (AvgIpc) is 2.27. The molecule has 0 saturated heterocycles.